The van der Waals surface area contributed by atoms with Crippen molar-refractivity contribution in [1.29, 1.82) is 0 Å². The normalized spacial score (nSPS) is 19.0. The minimum atomic E-state index is -3.87. The van der Waals surface area contributed by atoms with Crippen molar-refractivity contribution < 1.29 is 16.8 Å². The molecule has 1 aliphatic rings. The average Bonchev–Trinajstić information content (AvgIpc) is 3.01. The molecule has 164 valence electrons. The van der Waals surface area contributed by atoms with Gasteiger partial charge in [-0.3, -0.25) is 4.72 Å². The van der Waals surface area contributed by atoms with Crippen molar-refractivity contribution in [1.82, 2.24) is 4.31 Å². The number of nitrogens with zero attached hydrogens (tertiary/aromatic N) is 1. The van der Waals surface area contributed by atoms with E-state index in [0.717, 1.165) is 29.3 Å². The van der Waals surface area contributed by atoms with E-state index in [4.69, 9.17) is 0 Å². The maximum Gasteiger partial charge on any atom is 0.261 e. The summed E-state index contributed by atoms with van der Waals surface area (Å²) in [5.41, 5.74) is 1.48. The van der Waals surface area contributed by atoms with E-state index in [9.17, 15) is 16.8 Å². The van der Waals surface area contributed by atoms with Crippen LogP contribution in [0.5, 0.6) is 0 Å². The molecule has 1 fully saturated rings. The van der Waals surface area contributed by atoms with Gasteiger partial charge in [-0.25, -0.2) is 21.1 Å². The van der Waals surface area contributed by atoms with Crippen molar-refractivity contribution in [2.24, 2.45) is 5.41 Å². The molecule has 0 spiro atoms. The van der Waals surface area contributed by atoms with Gasteiger partial charge in [-0.05, 0) is 61.1 Å². The maximum atomic E-state index is 12.9. The lowest BCUT2D eigenvalue weighted by Gasteiger charge is -2.20. The highest BCUT2D eigenvalue weighted by Crippen LogP contribution is 2.39. The Bertz CT molecular complexity index is 1110. The first-order valence-corrected chi connectivity index (χ1v) is 12.7. The Balaban J connectivity index is 1.81. The molecule has 2 N–H and O–H groups in total. The van der Waals surface area contributed by atoms with Crippen LogP contribution in [-0.4, -0.2) is 41.3 Å². The van der Waals surface area contributed by atoms with E-state index in [0.29, 0.717) is 11.7 Å². The van der Waals surface area contributed by atoms with Crippen LogP contribution in [-0.2, 0) is 20.0 Å². The summed E-state index contributed by atoms with van der Waals surface area (Å²) in [4.78, 5) is 0.0365. The molecule has 2 aromatic rings. The van der Waals surface area contributed by atoms with Crippen LogP contribution in [0.15, 0.2) is 58.3 Å². The number of nitrogens with one attached hydrogen (secondary N) is 2. The highest BCUT2D eigenvalue weighted by Gasteiger charge is 2.31. The van der Waals surface area contributed by atoms with Crippen molar-refractivity contribution in [3.8, 4) is 0 Å². The smallest absolute Gasteiger partial charge is 0.261 e. The lowest BCUT2D eigenvalue weighted by molar-refractivity contribution is 0.378. The summed E-state index contributed by atoms with van der Waals surface area (Å²) in [6, 6.07) is 12.7. The van der Waals surface area contributed by atoms with Crippen molar-refractivity contribution in [2.75, 3.05) is 24.1 Å². The molecule has 2 aromatic carbocycles. The Kier molecular flexibility index (Phi) is 6.18. The number of rotatable bonds is 7. The standard InChI is InChI=1S/C21H29N3O4S2/c1-21(2)14-13-16(15-21)22-19-7-5-6-8-20(19)23-29(25,26)17-9-11-18(12-10-17)30(27,28)24(3)4/h5-12,16,22-23H,13-15H2,1-4H3. The highest BCUT2D eigenvalue weighted by molar-refractivity contribution is 7.92. The molecule has 9 heteroatoms. The van der Waals surface area contributed by atoms with Gasteiger partial charge >= 0.3 is 0 Å². The molecule has 3 rings (SSSR count). The van der Waals surface area contributed by atoms with Crippen LogP contribution in [0.25, 0.3) is 0 Å². The zero-order valence-electron chi connectivity index (χ0n) is 17.7. The van der Waals surface area contributed by atoms with E-state index in [1.807, 2.05) is 12.1 Å². The molecule has 0 saturated heterocycles. The van der Waals surface area contributed by atoms with Gasteiger partial charge in [0.2, 0.25) is 10.0 Å². The van der Waals surface area contributed by atoms with Gasteiger partial charge in [0.15, 0.2) is 0 Å². The zero-order chi connectivity index (χ0) is 22.2. The van der Waals surface area contributed by atoms with Crippen molar-refractivity contribution in [3.05, 3.63) is 48.5 Å². The molecule has 1 aliphatic carbocycles. The fourth-order valence-corrected chi connectivity index (χ4v) is 5.66. The van der Waals surface area contributed by atoms with Crippen LogP contribution in [0.2, 0.25) is 0 Å². The van der Waals surface area contributed by atoms with Gasteiger partial charge in [-0.15, -0.1) is 0 Å². The van der Waals surface area contributed by atoms with Gasteiger partial charge in [-0.2, -0.15) is 0 Å². The summed E-state index contributed by atoms with van der Waals surface area (Å²) in [7, 11) is -4.64. The molecule has 30 heavy (non-hydrogen) atoms. The third kappa shape index (κ3) is 4.96. The number of hydrogen-bond donors (Lipinski definition) is 2. The van der Waals surface area contributed by atoms with Crippen LogP contribution < -0.4 is 10.0 Å². The Labute approximate surface area is 179 Å². The van der Waals surface area contributed by atoms with Gasteiger partial charge in [0.25, 0.3) is 10.0 Å². The summed E-state index contributed by atoms with van der Waals surface area (Å²) >= 11 is 0. The van der Waals surface area contributed by atoms with E-state index in [2.05, 4.69) is 23.9 Å². The fourth-order valence-electron chi connectivity index (χ4n) is 3.68. The quantitative estimate of drug-likeness (QED) is 0.669. The Morgan fingerprint density at radius 1 is 0.900 bits per heavy atom. The third-order valence-corrected chi connectivity index (χ3v) is 8.62. The summed E-state index contributed by atoms with van der Waals surface area (Å²) in [6.45, 7) is 4.48. The number of hydrogen-bond acceptors (Lipinski definition) is 5. The molecule has 1 saturated carbocycles. The number of anilines is 2. The predicted octanol–water partition coefficient (Wildman–Crippen LogP) is 3.73. The van der Waals surface area contributed by atoms with Gasteiger partial charge in [0.05, 0.1) is 21.2 Å². The van der Waals surface area contributed by atoms with Gasteiger partial charge in [0, 0.05) is 20.1 Å². The summed E-state index contributed by atoms with van der Waals surface area (Å²) < 4.78 is 53.9. The van der Waals surface area contributed by atoms with Crippen molar-refractivity contribution >= 4 is 31.4 Å². The van der Waals surface area contributed by atoms with Gasteiger partial charge in [-0.1, -0.05) is 26.0 Å². The van der Waals surface area contributed by atoms with Crippen LogP contribution in [0.1, 0.15) is 33.1 Å². The topological polar surface area (TPSA) is 95.6 Å². The first-order chi connectivity index (χ1) is 13.9. The molecule has 0 radical (unpaired) electrons. The second kappa shape index (κ2) is 8.20. The zero-order valence-corrected chi connectivity index (χ0v) is 19.3. The molecule has 0 heterocycles. The van der Waals surface area contributed by atoms with Gasteiger partial charge in [0.1, 0.15) is 0 Å². The Morgan fingerprint density at radius 3 is 2.00 bits per heavy atom. The maximum absolute atomic E-state index is 12.9. The molecular weight excluding hydrogens is 422 g/mol. The largest absolute Gasteiger partial charge is 0.381 e. The summed E-state index contributed by atoms with van der Waals surface area (Å²) in [6.07, 6.45) is 3.19. The molecule has 0 aliphatic heterocycles. The van der Waals surface area contributed by atoms with Crippen molar-refractivity contribution in [3.63, 3.8) is 0 Å². The molecule has 7 nitrogen and oxygen atoms in total. The molecule has 1 unspecified atom stereocenters. The van der Waals surface area contributed by atoms with E-state index < -0.39 is 20.0 Å². The van der Waals surface area contributed by atoms with Crippen LogP contribution in [0.3, 0.4) is 0 Å². The molecule has 1 atom stereocenters. The van der Waals surface area contributed by atoms with Crippen LogP contribution >= 0.6 is 0 Å². The first-order valence-electron chi connectivity index (χ1n) is 9.82. The van der Waals surface area contributed by atoms with E-state index in [1.165, 1.54) is 38.4 Å². The summed E-state index contributed by atoms with van der Waals surface area (Å²) in [5, 5.41) is 3.47. The lowest BCUT2D eigenvalue weighted by atomic mass is 9.92. The predicted molar refractivity (Wildman–Crippen MR) is 120 cm³/mol. The summed E-state index contributed by atoms with van der Waals surface area (Å²) in [5.74, 6) is 0. The van der Waals surface area contributed by atoms with Crippen LogP contribution in [0, 0.1) is 5.41 Å². The Morgan fingerprint density at radius 2 is 1.47 bits per heavy atom. The number of para-hydroxylation sites is 2. The van der Waals surface area contributed by atoms with E-state index in [1.54, 1.807) is 12.1 Å². The highest BCUT2D eigenvalue weighted by atomic mass is 32.2. The monoisotopic (exact) mass is 451 g/mol. The third-order valence-electron chi connectivity index (χ3n) is 5.41. The second-order valence-electron chi connectivity index (χ2n) is 8.66. The van der Waals surface area contributed by atoms with E-state index >= 15 is 0 Å². The fraction of sp³-hybridized carbons (Fsp3) is 0.429. The minimum Gasteiger partial charge on any atom is -0.381 e. The first kappa shape index (κ1) is 22.6. The SMILES string of the molecule is CN(C)S(=O)(=O)c1ccc(S(=O)(=O)Nc2ccccc2NC2CCC(C)(C)C2)cc1. The van der Waals surface area contributed by atoms with Gasteiger partial charge < -0.3 is 5.32 Å². The minimum absolute atomic E-state index is 0.00277. The molecular formula is C21H29N3O4S2. The second-order valence-corrected chi connectivity index (χ2v) is 12.5. The van der Waals surface area contributed by atoms with Crippen LogP contribution in [0.4, 0.5) is 11.4 Å². The Hall–Kier alpha value is -2.10. The molecule has 0 amide bonds. The lowest BCUT2D eigenvalue weighted by Crippen LogP contribution is -2.22. The van der Waals surface area contributed by atoms with Crippen molar-refractivity contribution in [2.45, 2.75) is 48.9 Å². The number of sulfonamides is 2. The number of benzene rings is 2. The molecule has 0 bridgehead atoms. The molecule has 0 aromatic heterocycles. The van der Waals surface area contributed by atoms with E-state index in [-0.39, 0.29) is 15.2 Å². The average molecular weight is 452 g/mol.